The zero-order chi connectivity index (χ0) is 79.6. The third-order valence-corrected chi connectivity index (χ3v) is 26.5. The van der Waals surface area contributed by atoms with E-state index in [9.17, 15) is 0 Å². The van der Waals surface area contributed by atoms with E-state index in [0.29, 0.717) is 0 Å². The highest BCUT2D eigenvalue weighted by Gasteiger charge is 2.27. The highest BCUT2D eigenvalue weighted by molar-refractivity contribution is 5.93. The minimum Gasteiger partial charge on any atom is -0.311 e. The van der Waals surface area contributed by atoms with Crippen LogP contribution in [0.1, 0.15) is 100 Å². The molecule has 0 saturated carbocycles. The standard InChI is InChI=1S/C120H81N/c1-7-19-109-89(14-1)67-101-61-82(39-50-115(101)109)95-55-79(56-96(72-95)83-40-51-116-102(62-83)68-90-15-2-8-20-110(90)116)28-25-76-31-44-106(45-32-76)121(107-46-33-77(34-47-107)26-29-80-57-97(84-41-52-117-103(63-84)69-91-16-3-9-21-111(91)117)73-98(58-80)85-42-53-118-104(64-85)70-92-17-4-10-22-112(92)118)108-48-35-78(36-49-108)27-30-81-59-99(86-43-54-119-105(65-86)71-93-18-5-11-23-113(93)119)74-100(60-81)87-37-38-94-66-88-13-6-12-24-114(88)120(94)75-87/h1-65,72-75H,66-71H2/b28-25+,29-26+,30-27+. The van der Waals surface area contributed by atoms with E-state index < -0.39 is 0 Å². The summed E-state index contributed by atoms with van der Waals surface area (Å²) in [6.45, 7) is 0. The summed E-state index contributed by atoms with van der Waals surface area (Å²) in [6, 6.07) is 145. The molecule has 1 heteroatoms. The van der Waals surface area contributed by atoms with Crippen molar-refractivity contribution >= 4 is 53.5 Å². The van der Waals surface area contributed by atoms with E-state index in [1.165, 1.54) is 200 Å². The number of rotatable bonds is 15. The van der Waals surface area contributed by atoms with E-state index in [1.54, 1.807) is 0 Å². The second-order valence-corrected chi connectivity index (χ2v) is 33.9. The van der Waals surface area contributed by atoms with Gasteiger partial charge in [0, 0.05) is 17.1 Å². The van der Waals surface area contributed by atoms with Crippen LogP contribution in [0.15, 0.2) is 382 Å². The van der Waals surface area contributed by atoms with Gasteiger partial charge in [-0.05, 0) is 369 Å². The largest absolute Gasteiger partial charge is 0.311 e. The smallest absolute Gasteiger partial charge is 0.0462 e. The van der Waals surface area contributed by atoms with Crippen molar-refractivity contribution in [1.29, 1.82) is 0 Å². The minimum atomic E-state index is 0.950. The van der Waals surface area contributed by atoms with Gasteiger partial charge in [0.1, 0.15) is 0 Å². The molecule has 0 N–H and O–H groups in total. The quantitative estimate of drug-likeness (QED) is 0.0925. The molecule has 566 valence electrons. The van der Waals surface area contributed by atoms with Crippen LogP contribution >= 0.6 is 0 Å². The van der Waals surface area contributed by atoms with Crippen LogP contribution in [0.5, 0.6) is 0 Å². The third kappa shape index (κ3) is 12.9. The van der Waals surface area contributed by atoms with Crippen LogP contribution < -0.4 is 4.90 Å². The summed E-state index contributed by atoms with van der Waals surface area (Å²) in [5.74, 6) is 0. The van der Waals surface area contributed by atoms with Crippen LogP contribution in [0, 0.1) is 0 Å². The number of nitrogens with zero attached hydrogens (tertiary/aromatic N) is 1. The Balaban J connectivity index is 0.570. The average molecular weight is 1540 g/mol. The predicted octanol–water partition coefficient (Wildman–Crippen LogP) is 31.1. The van der Waals surface area contributed by atoms with Gasteiger partial charge in [-0.1, -0.05) is 322 Å². The molecule has 0 unspecified atom stereocenters. The first kappa shape index (κ1) is 70.2. The van der Waals surface area contributed by atoms with Gasteiger partial charge in [0.15, 0.2) is 0 Å². The van der Waals surface area contributed by atoms with Gasteiger partial charge in [0.05, 0.1) is 0 Å². The summed E-state index contributed by atoms with van der Waals surface area (Å²) in [6.07, 6.45) is 19.5. The first-order chi connectivity index (χ1) is 59.8. The summed E-state index contributed by atoms with van der Waals surface area (Å²) < 4.78 is 0. The summed E-state index contributed by atoms with van der Waals surface area (Å²) in [5, 5.41) is 0. The van der Waals surface area contributed by atoms with Crippen LogP contribution in [-0.2, 0) is 38.5 Å². The lowest BCUT2D eigenvalue weighted by molar-refractivity contribution is 1.26. The predicted molar refractivity (Wildman–Crippen MR) is 509 cm³/mol. The lowest BCUT2D eigenvalue weighted by atomic mass is 9.92. The van der Waals surface area contributed by atoms with E-state index in [-0.39, 0.29) is 0 Å². The van der Waals surface area contributed by atoms with Crippen LogP contribution in [0.4, 0.5) is 17.1 Å². The molecule has 0 aromatic heterocycles. The highest BCUT2D eigenvalue weighted by atomic mass is 15.1. The van der Waals surface area contributed by atoms with Gasteiger partial charge < -0.3 is 4.90 Å². The van der Waals surface area contributed by atoms with Gasteiger partial charge in [-0.2, -0.15) is 0 Å². The Kier molecular flexibility index (Phi) is 16.8. The first-order valence-corrected chi connectivity index (χ1v) is 42.7. The van der Waals surface area contributed by atoms with Crippen LogP contribution in [-0.4, -0.2) is 0 Å². The maximum atomic E-state index is 2.43. The zero-order valence-corrected chi connectivity index (χ0v) is 67.0. The Bertz CT molecular complexity index is 6890. The lowest BCUT2D eigenvalue weighted by Gasteiger charge is -2.26. The van der Waals surface area contributed by atoms with Crippen molar-refractivity contribution in [3.05, 3.63) is 482 Å². The Morgan fingerprint density at radius 1 is 0.132 bits per heavy atom. The SMILES string of the molecule is C(=C\c1cc(-c2ccc3c(c2)Cc2ccccc2-3)cc(-c2ccc3c(c2)Cc2ccccc2-3)c1)/c1ccc(N(c2ccc(/C=C/c3cc(-c4ccc5c(c4)Cc4ccccc4-5)cc(-c4ccc5c(c4)Cc4ccccc4-5)c3)cc2)c2ccc(/C=C/c3cc(-c4ccc5c(c4)Cc4ccccc4-5)cc(-c4ccc5c(c4)-c4ccccc4C5)c3)cc2)cc1. The molecule has 24 rings (SSSR count). The van der Waals surface area contributed by atoms with Crippen LogP contribution in [0.25, 0.3) is 170 Å². The topological polar surface area (TPSA) is 3.24 Å². The van der Waals surface area contributed by atoms with Crippen molar-refractivity contribution in [1.82, 2.24) is 0 Å². The maximum absolute atomic E-state index is 2.43. The molecule has 121 heavy (non-hydrogen) atoms. The number of hydrogen-bond donors (Lipinski definition) is 0. The van der Waals surface area contributed by atoms with Crippen molar-refractivity contribution in [2.45, 2.75) is 38.5 Å². The van der Waals surface area contributed by atoms with Crippen molar-refractivity contribution in [3.63, 3.8) is 0 Å². The van der Waals surface area contributed by atoms with Gasteiger partial charge in [-0.3, -0.25) is 0 Å². The second-order valence-electron chi connectivity index (χ2n) is 33.9. The molecule has 0 aliphatic heterocycles. The molecule has 6 aliphatic carbocycles. The molecule has 0 amide bonds. The molecule has 0 atom stereocenters. The fourth-order valence-electron chi connectivity index (χ4n) is 20.4. The van der Waals surface area contributed by atoms with Crippen LogP contribution in [0.3, 0.4) is 0 Å². The molecule has 1 nitrogen and oxygen atoms in total. The van der Waals surface area contributed by atoms with Gasteiger partial charge in [-0.15, -0.1) is 0 Å². The number of fused-ring (bicyclic) bond motifs is 18. The summed E-state index contributed by atoms with van der Waals surface area (Å²) in [5.41, 5.74) is 57.6. The Morgan fingerprint density at radius 2 is 0.331 bits per heavy atom. The Labute approximate surface area is 707 Å². The van der Waals surface area contributed by atoms with Gasteiger partial charge in [0.25, 0.3) is 0 Å². The van der Waals surface area contributed by atoms with E-state index >= 15 is 0 Å². The van der Waals surface area contributed by atoms with Gasteiger partial charge in [0.2, 0.25) is 0 Å². The summed E-state index contributed by atoms with van der Waals surface area (Å²) >= 11 is 0. The highest BCUT2D eigenvalue weighted by Crippen LogP contribution is 2.48. The summed E-state index contributed by atoms with van der Waals surface area (Å²) in [4.78, 5) is 2.40. The summed E-state index contributed by atoms with van der Waals surface area (Å²) in [7, 11) is 0. The lowest BCUT2D eigenvalue weighted by Crippen LogP contribution is -2.09. The Morgan fingerprint density at radius 3 is 0.595 bits per heavy atom. The third-order valence-electron chi connectivity index (χ3n) is 26.5. The normalized spacial score (nSPS) is 13.0. The number of hydrogen-bond acceptors (Lipinski definition) is 1. The minimum absolute atomic E-state index is 0.950. The second kappa shape index (κ2) is 29.0. The van der Waals surface area contributed by atoms with E-state index in [0.717, 1.165) is 89.0 Å². The molecule has 0 bridgehead atoms. The zero-order valence-electron chi connectivity index (χ0n) is 67.0. The molecular weight excluding hydrogens is 1460 g/mol. The first-order valence-electron chi connectivity index (χ1n) is 42.7. The fraction of sp³-hybridized carbons (Fsp3) is 0.0500. The molecular formula is C120H81N. The van der Waals surface area contributed by atoms with E-state index in [1.807, 2.05) is 0 Å². The molecule has 0 saturated heterocycles. The van der Waals surface area contributed by atoms with Crippen molar-refractivity contribution < 1.29 is 0 Å². The molecule has 0 heterocycles. The van der Waals surface area contributed by atoms with Crippen LogP contribution in [0.2, 0.25) is 0 Å². The van der Waals surface area contributed by atoms with Crippen molar-refractivity contribution in [2.24, 2.45) is 0 Å². The molecule has 18 aromatic carbocycles. The van der Waals surface area contributed by atoms with E-state index in [4.69, 9.17) is 0 Å². The van der Waals surface area contributed by atoms with Gasteiger partial charge >= 0.3 is 0 Å². The molecule has 0 radical (unpaired) electrons. The van der Waals surface area contributed by atoms with Crippen molar-refractivity contribution in [2.75, 3.05) is 4.90 Å². The fourth-order valence-corrected chi connectivity index (χ4v) is 20.4. The molecule has 18 aromatic rings. The van der Waals surface area contributed by atoms with E-state index in [2.05, 4.69) is 424 Å². The number of anilines is 3. The van der Waals surface area contributed by atoms with Crippen molar-refractivity contribution in [3.8, 4) is 134 Å². The molecule has 0 fully saturated rings. The monoisotopic (exact) mass is 1540 g/mol. The van der Waals surface area contributed by atoms with Gasteiger partial charge in [-0.25, -0.2) is 0 Å². The number of benzene rings is 18. The molecule has 6 aliphatic rings. The Hall–Kier alpha value is -15.0. The average Bonchev–Trinajstić information content (AvgIpc) is 1.67. The molecule has 0 spiro atoms. The maximum Gasteiger partial charge on any atom is 0.0462 e.